The monoisotopic (exact) mass is 299 g/mol. The fourth-order valence-electron chi connectivity index (χ4n) is 1.31. The molecule has 1 aromatic heterocycles. The summed E-state index contributed by atoms with van der Waals surface area (Å²) < 4.78 is 44.1. The van der Waals surface area contributed by atoms with E-state index in [1.165, 1.54) is 0 Å². The second-order valence-electron chi connectivity index (χ2n) is 3.37. The summed E-state index contributed by atoms with van der Waals surface area (Å²) in [6.07, 6.45) is -4.56. The number of methoxy groups -OCH3 is 1. The molecule has 0 atom stereocenters. The van der Waals surface area contributed by atoms with Crippen molar-refractivity contribution in [1.82, 2.24) is 4.98 Å². The first-order chi connectivity index (χ1) is 8.78. The molecule has 1 rings (SSSR count). The van der Waals surface area contributed by atoms with Gasteiger partial charge in [0.05, 0.1) is 19.4 Å². The van der Waals surface area contributed by atoms with E-state index in [4.69, 9.17) is 11.6 Å². The van der Waals surface area contributed by atoms with Crippen LogP contribution in [0, 0.1) is 0 Å². The number of hydrogen-bond donors (Lipinski definition) is 1. The van der Waals surface area contributed by atoms with Gasteiger partial charge in [-0.25, -0.2) is 0 Å². The zero-order valence-corrected chi connectivity index (χ0v) is 10.4. The maximum Gasteiger partial charge on any atom is 0.573 e. The van der Waals surface area contributed by atoms with Gasteiger partial charge in [0.25, 0.3) is 0 Å². The summed E-state index contributed by atoms with van der Waals surface area (Å²) in [4.78, 5) is 25.1. The number of hydrogen-bond acceptors (Lipinski definition) is 4. The van der Waals surface area contributed by atoms with Crippen LogP contribution in [0.2, 0.25) is 0 Å². The number of H-pyrrole nitrogens is 1. The van der Waals surface area contributed by atoms with E-state index in [0.717, 1.165) is 13.3 Å². The highest BCUT2D eigenvalue weighted by Gasteiger charge is 2.33. The molecule has 5 nitrogen and oxygen atoms in total. The highest BCUT2D eigenvalue weighted by atomic mass is 35.5. The zero-order valence-electron chi connectivity index (χ0n) is 9.64. The van der Waals surface area contributed by atoms with Crippen LogP contribution >= 0.6 is 11.6 Å². The first-order valence-electron chi connectivity index (χ1n) is 4.90. The molecule has 1 heterocycles. The number of esters is 1. The number of aromatic nitrogens is 1. The van der Waals surface area contributed by atoms with Gasteiger partial charge in [-0.15, -0.1) is 24.8 Å². The number of pyridine rings is 1. The summed E-state index contributed by atoms with van der Waals surface area (Å²) in [5.74, 6) is -1.96. The van der Waals surface area contributed by atoms with E-state index < -0.39 is 23.5 Å². The van der Waals surface area contributed by atoms with Crippen LogP contribution in [0.15, 0.2) is 11.0 Å². The Labute approximate surface area is 110 Å². The fraction of sp³-hybridized carbons (Fsp3) is 0.400. The molecule has 0 radical (unpaired) electrons. The lowest BCUT2D eigenvalue weighted by Crippen LogP contribution is -2.24. The molecular weight excluding hydrogens is 291 g/mol. The average molecular weight is 300 g/mol. The van der Waals surface area contributed by atoms with Crippen molar-refractivity contribution in [3.05, 3.63) is 27.7 Å². The molecule has 106 valence electrons. The third-order valence-electron chi connectivity index (χ3n) is 2.15. The Morgan fingerprint density at radius 1 is 1.47 bits per heavy atom. The maximum absolute atomic E-state index is 12.0. The minimum Gasteiger partial charge on any atom is -0.469 e. The molecule has 0 aliphatic rings. The average Bonchev–Trinajstić information content (AvgIpc) is 2.31. The van der Waals surface area contributed by atoms with Crippen LogP contribution in [0.3, 0.4) is 0 Å². The van der Waals surface area contributed by atoms with Gasteiger partial charge < -0.3 is 14.5 Å². The molecule has 0 fully saturated rings. The van der Waals surface area contributed by atoms with Gasteiger partial charge in [0.15, 0.2) is 5.75 Å². The molecule has 0 unspecified atom stereocenters. The molecule has 0 bridgehead atoms. The van der Waals surface area contributed by atoms with Crippen molar-refractivity contribution in [2.24, 2.45) is 0 Å². The summed E-state index contributed by atoms with van der Waals surface area (Å²) in [5, 5.41) is 0. The molecule has 1 aromatic rings. The first-order valence-corrected chi connectivity index (χ1v) is 5.44. The summed E-state index contributed by atoms with van der Waals surface area (Å²) >= 11 is 5.50. The highest BCUT2D eigenvalue weighted by molar-refractivity contribution is 6.17. The van der Waals surface area contributed by atoms with Crippen molar-refractivity contribution in [1.29, 1.82) is 0 Å². The number of carbonyl (C=O) groups excluding carboxylic acids is 1. The molecule has 0 saturated heterocycles. The van der Waals surface area contributed by atoms with E-state index in [1.54, 1.807) is 0 Å². The maximum atomic E-state index is 12.0. The van der Waals surface area contributed by atoms with Crippen LogP contribution in [0.1, 0.15) is 11.3 Å². The third kappa shape index (κ3) is 4.16. The van der Waals surface area contributed by atoms with Crippen molar-refractivity contribution in [3.63, 3.8) is 0 Å². The number of carbonyl (C=O) groups is 1. The van der Waals surface area contributed by atoms with E-state index in [0.29, 0.717) is 0 Å². The quantitative estimate of drug-likeness (QED) is 0.679. The van der Waals surface area contributed by atoms with E-state index in [9.17, 15) is 22.8 Å². The van der Waals surface area contributed by atoms with Crippen molar-refractivity contribution < 1.29 is 27.4 Å². The van der Waals surface area contributed by atoms with Gasteiger partial charge in [-0.2, -0.15) is 0 Å². The molecule has 0 spiro atoms. The number of alkyl halides is 4. The predicted molar refractivity (Wildman–Crippen MR) is 59.0 cm³/mol. The van der Waals surface area contributed by atoms with E-state index in [-0.39, 0.29) is 23.6 Å². The number of nitrogens with one attached hydrogen (secondary N) is 1. The molecule has 0 aliphatic carbocycles. The molecule has 0 amide bonds. The number of rotatable bonds is 4. The Morgan fingerprint density at radius 3 is 2.58 bits per heavy atom. The highest BCUT2D eigenvalue weighted by Crippen LogP contribution is 2.20. The second-order valence-corrected chi connectivity index (χ2v) is 3.64. The Morgan fingerprint density at radius 2 is 2.11 bits per heavy atom. The molecular formula is C10H9ClF3NO4. The molecule has 0 aliphatic heterocycles. The van der Waals surface area contributed by atoms with Crippen LogP contribution < -0.4 is 10.2 Å². The standard InChI is InChI=1S/C10H9ClF3NO4/c1-18-8(16)2-6-5(3-11)9(17)7(4-15-6)19-10(12,13)14/h4H,2-3H2,1H3,(H,15,17). The SMILES string of the molecule is COC(=O)Cc1[nH]cc(OC(F)(F)F)c(=O)c1CCl. The van der Waals surface area contributed by atoms with Crippen LogP contribution in [0.25, 0.3) is 0 Å². The number of aromatic amines is 1. The van der Waals surface area contributed by atoms with Crippen LogP contribution in [-0.4, -0.2) is 24.4 Å². The fourth-order valence-corrected chi connectivity index (χ4v) is 1.59. The lowest BCUT2D eigenvalue weighted by Gasteiger charge is -2.11. The summed E-state index contributed by atoms with van der Waals surface area (Å²) in [6, 6.07) is 0. The Balaban J connectivity index is 3.16. The van der Waals surface area contributed by atoms with Crippen molar-refractivity contribution in [2.75, 3.05) is 7.11 Å². The second kappa shape index (κ2) is 5.96. The van der Waals surface area contributed by atoms with Crippen molar-refractivity contribution in [2.45, 2.75) is 18.7 Å². The molecule has 0 saturated carbocycles. The Bertz CT molecular complexity index is 526. The minimum atomic E-state index is -4.99. The Kier molecular flexibility index (Phi) is 4.82. The lowest BCUT2D eigenvalue weighted by atomic mass is 10.1. The van der Waals surface area contributed by atoms with Gasteiger partial charge in [-0.05, 0) is 0 Å². The minimum absolute atomic E-state index is 0.0846. The van der Waals surface area contributed by atoms with E-state index >= 15 is 0 Å². The smallest absolute Gasteiger partial charge is 0.469 e. The van der Waals surface area contributed by atoms with Gasteiger partial charge in [0.2, 0.25) is 5.43 Å². The van der Waals surface area contributed by atoms with Gasteiger partial charge in [-0.1, -0.05) is 0 Å². The summed E-state index contributed by atoms with van der Waals surface area (Å²) in [5.41, 5.74) is -1.11. The van der Waals surface area contributed by atoms with Crippen LogP contribution in [0.5, 0.6) is 5.75 Å². The lowest BCUT2D eigenvalue weighted by molar-refractivity contribution is -0.275. The molecule has 19 heavy (non-hydrogen) atoms. The zero-order chi connectivity index (χ0) is 14.6. The first kappa shape index (κ1) is 15.4. The van der Waals surface area contributed by atoms with Crippen molar-refractivity contribution >= 4 is 17.6 Å². The summed E-state index contributed by atoms with van der Waals surface area (Å²) in [7, 11) is 1.14. The topological polar surface area (TPSA) is 68.4 Å². The molecule has 0 aromatic carbocycles. The molecule has 1 N–H and O–H groups in total. The third-order valence-corrected chi connectivity index (χ3v) is 2.42. The van der Waals surface area contributed by atoms with Gasteiger partial charge in [-0.3, -0.25) is 9.59 Å². The largest absolute Gasteiger partial charge is 0.573 e. The number of ether oxygens (including phenoxy) is 2. The van der Waals surface area contributed by atoms with Crippen molar-refractivity contribution in [3.8, 4) is 5.75 Å². The van der Waals surface area contributed by atoms with Gasteiger partial charge in [0, 0.05) is 17.5 Å². The summed E-state index contributed by atoms with van der Waals surface area (Å²) in [6.45, 7) is 0. The van der Waals surface area contributed by atoms with E-state index in [1.807, 2.05) is 0 Å². The van der Waals surface area contributed by atoms with Gasteiger partial charge >= 0.3 is 12.3 Å². The molecule has 9 heteroatoms. The van der Waals surface area contributed by atoms with Gasteiger partial charge in [0.1, 0.15) is 0 Å². The van der Waals surface area contributed by atoms with E-state index in [2.05, 4.69) is 14.5 Å². The Hall–Kier alpha value is -1.70. The number of halogens is 4. The normalized spacial score (nSPS) is 11.2. The van der Waals surface area contributed by atoms with Crippen LogP contribution in [0.4, 0.5) is 13.2 Å². The predicted octanol–water partition coefficient (Wildman–Crippen LogP) is 1.73. The van der Waals surface area contributed by atoms with Crippen LogP contribution in [-0.2, 0) is 21.8 Å².